The van der Waals surface area contributed by atoms with Crippen molar-refractivity contribution >= 4 is 22.6 Å². The summed E-state index contributed by atoms with van der Waals surface area (Å²) in [6.07, 6.45) is 6.71. The van der Waals surface area contributed by atoms with Gasteiger partial charge >= 0.3 is 6.03 Å². The second kappa shape index (κ2) is 6.81. The number of carbonyl (C=O) groups is 1. The van der Waals surface area contributed by atoms with Gasteiger partial charge in [-0.1, -0.05) is 19.3 Å². The number of fused-ring (bicyclic) bond motifs is 1. The minimum atomic E-state index is -0.752. The number of hydrogen-bond acceptors (Lipinski definition) is 3. The van der Waals surface area contributed by atoms with Gasteiger partial charge in [-0.25, -0.2) is 4.79 Å². The Morgan fingerprint density at radius 1 is 1.33 bits per heavy atom. The second-order valence-corrected chi connectivity index (χ2v) is 7.07. The minimum absolute atomic E-state index is 0.287. The van der Waals surface area contributed by atoms with Crippen LogP contribution in [0.5, 0.6) is 0 Å². The highest BCUT2D eigenvalue weighted by Gasteiger charge is 2.29. The Hall–Kier alpha value is -2.08. The number of rotatable bonds is 4. The zero-order valence-corrected chi connectivity index (χ0v) is 14.4. The molecule has 2 amide bonds. The number of nitrogens with zero attached hydrogens (tertiary/aromatic N) is 2. The molecule has 3 N–H and O–H groups in total. The largest absolute Gasteiger partial charge is 0.388 e. The number of hydrogen-bond donors (Lipinski definition) is 3. The molecule has 1 aromatic heterocycles. The molecular weight excluding hydrogens is 304 g/mol. The molecule has 3 rings (SSSR count). The molecule has 0 aliphatic heterocycles. The van der Waals surface area contributed by atoms with E-state index in [0.717, 1.165) is 42.3 Å². The summed E-state index contributed by atoms with van der Waals surface area (Å²) in [5.74, 6) is 0. The van der Waals surface area contributed by atoms with Gasteiger partial charge in [-0.15, -0.1) is 0 Å². The first-order valence-electron chi connectivity index (χ1n) is 8.71. The predicted molar refractivity (Wildman–Crippen MR) is 95.2 cm³/mol. The third-order valence-corrected chi connectivity index (χ3v) is 4.67. The maximum atomic E-state index is 12.1. The number of nitrogens with one attached hydrogen (secondary N) is 2. The molecule has 0 spiro atoms. The van der Waals surface area contributed by atoms with Crippen LogP contribution in [0, 0.1) is 0 Å². The van der Waals surface area contributed by atoms with Crippen LogP contribution in [0.25, 0.3) is 10.9 Å². The number of benzene rings is 1. The van der Waals surface area contributed by atoms with Crippen molar-refractivity contribution in [2.75, 3.05) is 11.9 Å². The fraction of sp³-hybridized carbons (Fsp3) is 0.556. The Labute approximate surface area is 142 Å². The highest BCUT2D eigenvalue weighted by molar-refractivity contribution is 5.92. The summed E-state index contributed by atoms with van der Waals surface area (Å²) < 4.78 is 1.91. The van der Waals surface area contributed by atoms with Gasteiger partial charge in [-0.3, -0.25) is 4.68 Å². The fourth-order valence-corrected chi connectivity index (χ4v) is 3.19. The van der Waals surface area contributed by atoms with Crippen LogP contribution in [0.2, 0.25) is 0 Å². The van der Waals surface area contributed by atoms with E-state index in [4.69, 9.17) is 0 Å². The minimum Gasteiger partial charge on any atom is -0.388 e. The molecule has 1 aliphatic rings. The zero-order chi connectivity index (χ0) is 17.2. The smallest absolute Gasteiger partial charge is 0.319 e. The van der Waals surface area contributed by atoms with Crippen LogP contribution in [0.3, 0.4) is 0 Å². The van der Waals surface area contributed by atoms with E-state index in [2.05, 4.69) is 29.6 Å². The number of carbonyl (C=O) groups excluding carboxylic acids is 1. The molecular formula is C18H26N4O2. The normalized spacial score (nSPS) is 17.2. The van der Waals surface area contributed by atoms with E-state index in [-0.39, 0.29) is 6.03 Å². The van der Waals surface area contributed by atoms with Crippen molar-refractivity contribution in [3.05, 3.63) is 24.4 Å². The molecule has 6 heteroatoms. The summed E-state index contributed by atoms with van der Waals surface area (Å²) in [5, 5.41) is 21.5. The molecule has 0 saturated heterocycles. The fourth-order valence-electron chi connectivity index (χ4n) is 3.19. The third-order valence-electron chi connectivity index (χ3n) is 4.67. The standard InChI is InChI=1S/C18H26N4O2/c1-13(2)22-11-14-10-15(6-7-16(14)21-22)20-17(23)19-12-18(24)8-4-3-5-9-18/h6-7,10-11,13,24H,3-5,8-9,12H2,1-2H3,(H2,19,20,23). The molecule has 0 radical (unpaired) electrons. The van der Waals surface area contributed by atoms with E-state index in [0.29, 0.717) is 12.6 Å². The first-order valence-corrected chi connectivity index (χ1v) is 8.71. The van der Waals surface area contributed by atoms with Crippen molar-refractivity contribution in [2.45, 2.75) is 57.6 Å². The van der Waals surface area contributed by atoms with Crippen molar-refractivity contribution in [3.63, 3.8) is 0 Å². The number of urea groups is 1. The predicted octanol–water partition coefficient (Wildman–Crippen LogP) is 3.43. The summed E-state index contributed by atoms with van der Waals surface area (Å²) >= 11 is 0. The van der Waals surface area contributed by atoms with Gasteiger partial charge in [0.2, 0.25) is 0 Å². The lowest BCUT2D eigenvalue weighted by molar-refractivity contribution is 0.00755. The maximum absolute atomic E-state index is 12.1. The summed E-state index contributed by atoms with van der Waals surface area (Å²) in [6.45, 7) is 4.45. The molecule has 1 aliphatic carbocycles. The third kappa shape index (κ3) is 3.87. The number of anilines is 1. The Morgan fingerprint density at radius 3 is 2.79 bits per heavy atom. The summed E-state index contributed by atoms with van der Waals surface area (Å²) in [5.41, 5.74) is 0.878. The lowest BCUT2D eigenvalue weighted by Gasteiger charge is -2.32. The Balaban J connectivity index is 1.60. The van der Waals surface area contributed by atoms with E-state index in [9.17, 15) is 9.90 Å². The number of aromatic nitrogens is 2. The monoisotopic (exact) mass is 330 g/mol. The van der Waals surface area contributed by atoms with Crippen LogP contribution < -0.4 is 10.6 Å². The van der Waals surface area contributed by atoms with E-state index >= 15 is 0 Å². The van der Waals surface area contributed by atoms with Gasteiger partial charge in [-0.2, -0.15) is 5.10 Å². The highest BCUT2D eigenvalue weighted by Crippen LogP contribution is 2.27. The number of amides is 2. The van der Waals surface area contributed by atoms with Gasteiger partial charge in [0.1, 0.15) is 0 Å². The van der Waals surface area contributed by atoms with Gasteiger partial charge < -0.3 is 15.7 Å². The average molecular weight is 330 g/mol. The zero-order valence-electron chi connectivity index (χ0n) is 14.4. The van der Waals surface area contributed by atoms with Crippen molar-refractivity contribution in [3.8, 4) is 0 Å². The summed E-state index contributed by atoms with van der Waals surface area (Å²) in [7, 11) is 0. The first-order chi connectivity index (χ1) is 11.5. The molecule has 0 atom stereocenters. The van der Waals surface area contributed by atoms with Crippen LogP contribution in [-0.4, -0.2) is 33.1 Å². The molecule has 1 heterocycles. The summed E-state index contributed by atoms with van der Waals surface area (Å²) in [6, 6.07) is 5.67. The van der Waals surface area contributed by atoms with Crippen molar-refractivity contribution in [1.82, 2.24) is 15.1 Å². The molecule has 1 aromatic carbocycles. The van der Waals surface area contributed by atoms with E-state index in [1.807, 2.05) is 29.1 Å². The number of aliphatic hydroxyl groups is 1. The molecule has 130 valence electrons. The van der Waals surface area contributed by atoms with E-state index < -0.39 is 5.60 Å². The second-order valence-electron chi connectivity index (χ2n) is 7.07. The van der Waals surface area contributed by atoms with Crippen LogP contribution in [0.15, 0.2) is 24.4 Å². The SMILES string of the molecule is CC(C)n1cc2cc(NC(=O)NCC3(O)CCCCC3)ccc2n1. The summed E-state index contributed by atoms with van der Waals surface area (Å²) in [4.78, 5) is 12.1. The van der Waals surface area contributed by atoms with Crippen molar-refractivity contribution < 1.29 is 9.90 Å². The van der Waals surface area contributed by atoms with Crippen LogP contribution in [-0.2, 0) is 0 Å². The Bertz CT molecular complexity index is 717. The molecule has 6 nitrogen and oxygen atoms in total. The molecule has 0 bridgehead atoms. The van der Waals surface area contributed by atoms with E-state index in [1.54, 1.807) is 0 Å². The lowest BCUT2D eigenvalue weighted by Crippen LogP contribution is -2.45. The molecule has 2 aromatic rings. The van der Waals surface area contributed by atoms with Gasteiger partial charge in [0.15, 0.2) is 0 Å². The lowest BCUT2D eigenvalue weighted by atomic mass is 9.85. The molecule has 1 saturated carbocycles. The Kier molecular flexibility index (Phi) is 4.76. The van der Waals surface area contributed by atoms with Crippen LogP contribution in [0.4, 0.5) is 10.5 Å². The van der Waals surface area contributed by atoms with Crippen molar-refractivity contribution in [2.24, 2.45) is 0 Å². The van der Waals surface area contributed by atoms with E-state index in [1.165, 1.54) is 6.42 Å². The molecule has 24 heavy (non-hydrogen) atoms. The maximum Gasteiger partial charge on any atom is 0.319 e. The van der Waals surface area contributed by atoms with Gasteiger partial charge in [0.25, 0.3) is 0 Å². The van der Waals surface area contributed by atoms with Gasteiger partial charge in [0.05, 0.1) is 11.1 Å². The molecule has 1 fully saturated rings. The van der Waals surface area contributed by atoms with Crippen molar-refractivity contribution in [1.29, 1.82) is 0 Å². The topological polar surface area (TPSA) is 79.2 Å². The quantitative estimate of drug-likeness (QED) is 0.803. The highest BCUT2D eigenvalue weighted by atomic mass is 16.3. The van der Waals surface area contributed by atoms with Crippen LogP contribution in [0.1, 0.15) is 52.0 Å². The average Bonchev–Trinajstić information content (AvgIpc) is 2.97. The molecule has 0 unspecified atom stereocenters. The Morgan fingerprint density at radius 2 is 2.08 bits per heavy atom. The van der Waals surface area contributed by atoms with Gasteiger partial charge in [-0.05, 0) is 44.9 Å². The van der Waals surface area contributed by atoms with Gasteiger partial charge in [0, 0.05) is 29.9 Å². The van der Waals surface area contributed by atoms with Crippen LogP contribution >= 0.6 is 0 Å². The first kappa shape index (κ1) is 16.8.